The van der Waals surface area contributed by atoms with E-state index in [-0.39, 0.29) is 10.9 Å². The van der Waals surface area contributed by atoms with Crippen LogP contribution in [-0.2, 0) is 6.54 Å². The van der Waals surface area contributed by atoms with Gasteiger partial charge in [-0.1, -0.05) is 6.07 Å². The summed E-state index contributed by atoms with van der Waals surface area (Å²) in [5.74, 6) is -0.258. The number of thiocarbonyl (C=S) groups is 1. The maximum absolute atomic E-state index is 14.5. The molecule has 0 spiro atoms. The summed E-state index contributed by atoms with van der Waals surface area (Å²) in [6, 6.07) is 9.13. The molecule has 0 aliphatic carbocycles. The van der Waals surface area contributed by atoms with Crippen LogP contribution in [0, 0.1) is 5.82 Å². The Hall–Kier alpha value is -2.58. The number of hydrogen-bond donors (Lipinski definition) is 2. The average molecular weight is 372 g/mol. The molecule has 0 unspecified atom stereocenters. The number of pyridine rings is 1. The second-order valence-electron chi connectivity index (χ2n) is 6.06. The van der Waals surface area contributed by atoms with Crippen LogP contribution in [0.15, 0.2) is 47.8 Å². The van der Waals surface area contributed by atoms with E-state index in [1.54, 1.807) is 6.07 Å². The molecule has 6 nitrogen and oxygen atoms in total. The molecule has 3 rings (SSSR count). The van der Waals surface area contributed by atoms with Crippen LogP contribution in [0.5, 0.6) is 0 Å². The number of nitrogens with two attached hydrogens (primary N) is 1. The molecule has 0 radical (unpaired) electrons. The maximum Gasteiger partial charge on any atom is 0.184 e. The molecule has 0 atom stereocenters. The van der Waals surface area contributed by atoms with Gasteiger partial charge in [0.25, 0.3) is 0 Å². The lowest BCUT2D eigenvalue weighted by Gasteiger charge is -2.36. The first-order chi connectivity index (χ1) is 12.6. The molecule has 1 aliphatic rings. The van der Waals surface area contributed by atoms with Crippen LogP contribution >= 0.6 is 12.2 Å². The van der Waals surface area contributed by atoms with Crippen LogP contribution < -0.4 is 16.1 Å². The number of benzene rings is 1. The number of rotatable bonds is 5. The minimum atomic E-state index is -0.258. The smallest absolute Gasteiger partial charge is 0.184 e. The molecule has 136 valence electrons. The van der Waals surface area contributed by atoms with Crippen molar-refractivity contribution in [2.45, 2.75) is 6.54 Å². The molecular formula is C18H21FN6S. The number of piperazine rings is 1. The first kappa shape index (κ1) is 18.2. The van der Waals surface area contributed by atoms with Gasteiger partial charge in [-0.3, -0.25) is 15.3 Å². The van der Waals surface area contributed by atoms with Gasteiger partial charge in [-0.2, -0.15) is 5.10 Å². The molecule has 0 bridgehead atoms. The van der Waals surface area contributed by atoms with Crippen LogP contribution in [0.2, 0.25) is 0 Å². The second-order valence-corrected chi connectivity index (χ2v) is 6.50. The van der Waals surface area contributed by atoms with Crippen LogP contribution in [0.4, 0.5) is 10.1 Å². The van der Waals surface area contributed by atoms with E-state index in [4.69, 9.17) is 5.73 Å². The van der Waals surface area contributed by atoms with Crippen molar-refractivity contribution in [2.24, 2.45) is 10.8 Å². The predicted molar refractivity (Wildman–Crippen MR) is 106 cm³/mol. The number of hydrogen-bond acceptors (Lipinski definition) is 5. The van der Waals surface area contributed by atoms with Crippen LogP contribution in [0.3, 0.4) is 0 Å². The Labute approximate surface area is 157 Å². The first-order valence-corrected chi connectivity index (χ1v) is 8.77. The number of aromatic nitrogens is 1. The predicted octanol–water partition coefficient (Wildman–Crippen LogP) is 1.71. The van der Waals surface area contributed by atoms with E-state index >= 15 is 0 Å². The second kappa shape index (κ2) is 8.68. The Morgan fingerprint density at radius 1 is 1.23 bits per heavy atom. The molecule has 1 aliphatic heterocycles. The van der Waals surface area contributed by atoms with Gasteiger partial charge in [0.2, 0.25) is 0 Å². The zero-order chi connectivity index (χ0) is 18.4. The van der Waals surface area contributed by atoms with Crippen LogP contribution in [-0.4, -0.2) is 47.4 Å². The lowest BCUT2D eigenvalue weighted by molar-refractivity contribution is 0.249. The summed E-state index contributed by atoms with van der Waals surface area (Å²) in [6.07, 6.45) is 5.10. The molecule has 2 aromatic rings. The summed E-state index contributed by atoms with van der Waals surface area (Å²) in [6.45, 7) is 4.26. The van der Waals surface area contributed by atoms with Gasteiger partial charge in [0.05, 0.1) is 11.9 Å². The Balaban J connectivity index is 1.57. The SMILES string of the molecule is NC(=S)N/N=C/c1ccc(N2CCN(Cc3ccncc3)CC2)c(F)c1. The van der Waals surface area contributed by atoms with Gasteiger partial charge in [-0.15, -0.1) is 0 Å². The third-order valence-electron chi connectivity index (χ3n) is 4.23. The Morgan fingerprint density at radius 3 is 2.62 bits per heavy atom. The monoisotopic (exact) mass is 372 g/mol. The van der Waals surface area contributed by atoms with Crippen LogP contribution in [0.25, 0.3) is 0 Å². The number of nitrogens with zero attached hydrogens (tertiary/aromatic N) is 4. The van der Waals surface area contributed by atoms with E-state index < -0.39 is 0 Å². The highest BCUT2D eigenvalue weighted by Gasteiger charge is 2.19. The normalized spacial score (nSPS) is 15.3. The molecule has 0 amide bonds. The summed E-state index contributed by atoms with van der Waals surface area (Å²) in [4.78, 5) is 8.48. The molecule has 26 heavy (non-hydrogen) atoms. The summed E-state index contributed by atoms with van der Waals surface area (Å²) in [5, 5.41) is 3.91. The average Bonchev–Trinajstić information content (AvgIpc) is 2.63. The van der Waals surface area contributed by atoms with E-state index in [1.807, 2.05) is 30.6 Å². The lowest BCUT2D eigenvalue weighted by Crippen LogP contribution is -2.46. The van der Waals surface area contributed by atoms with E-state index in [1.165, 1.54) is 17.8 Å². The minimum absolute atomic E-state index is 0.0722. The topological polar surface area (TPSA) is 69.8 Å². The fourth-order valence-electron chi connectivity index (χ4n) is 2.92. The summed E-state index contributed by atoms with van der Waals surface area (Å²) < 4.78 is 14.5. The quantitative estimate of drug-likeness (QED) is 0.473. The van der Waals surface area contributed by atoms with Gasteiger partial charge in [0.1, 0.15) is 5.82 Å². The molecule has 1 aromatic heterocycles. The first-order valence-electron chi connectivity index (χ1n) is 8.36. The van der Waals surface area contributed by atoms with Gasteiger partial charge in [0.15, 0.2) is 5.11 Å². The highest BCUT2D eigenvalue weighted by molar-refractivity contribution is 7.80. The van der Waals surface area contributed by atoms with Gasteiger partial charge in [0, 0.05) is 45.1 Å². The van der Waals surface area contributed by atoms with Gasteiger partial charge < -0.3 is 10.6 Å². The third kappa shape index (κ3) is 4.96. The zero-order valence-electron chi connectivity index (χ0n) is 14.3. The molecule has 2 heterocycles. The highest BCUT2D eigenvalue weighted by Crippen LogP contribution is 2.22. The highest BCUT2D eigenvalue weighted by atomic mass is 32.1. The lowest BCUT2D eigenvalue weighted by atomic mass is 10.1. The van der Waals surface area contributed by atoms with Crippen molar-refractivity contribution in [1.82, 2.24) is 15.3 Å². The minimum Gasteiger partial charge on any atom is -0.375 e. The van der Waals surface area contributed by atoms with Crippen molar-refractivity contribution < 1.29 is 4.39 Å². The van der Waals surface area contributed by atoms with Gasteiger partial charge in [-0.25, -0.2) is 4.39 Å². The molecule has 1 fully saturated rings. The molecular weight excluding hydrogens is 351 g/mol. The maximum atomic E-state index is 14.5. The molecule has 1 aromatic carbocycles. The zero-order valence-corrected chi connectivity index (χ0v) is 15.1. The number of anilines is 1. The van der Waals surface area contributed by atoms with Crippen molar-refractivity contribution in [3.05, 3.63) is 59.7 Å². The largest absolute Gasteiger partial charge is 0.375 e. The van der Waals surface area contributed by atoms with E-state index in [2.05, 4.69) is 37.5 Å². The number of hydrazone groups is 1. The van der Waals surface area contributed by atoms with E-state index in [9.17, 15) is 4.39 Å². The molecule has 0 saturated carbocycles. The van der Waals surface area contributed by atoms with Crippen molar-refractivity contribution in [3.8, 4) is 0 Å². The van der Waals surface area contributed by atoms with Gasteiger partial charge >= 0.3 is 0 Å². The van der Waals surface area contributed by atoms with Crippen molar-refractivity contribution >= 4 is 29.2 Å². The van der Waals surface area contributed by atoms with Crippen molar-refractivity contribution in [1.29, 1.82) is 0 Å². The Bertz CT molecular complexity index is 775. The molecule has 3 N–H and O–H groups in total. The fraction of sp³-hybridized carbons (Fsp3) is 0.278. The van der Waals surface area contributed by atoms with E-state index in [0.29, 0.717) is 11.3 Å². The van der Waals surface area contributed by atoms with Crippen molar-refractivity contribution in [2.75, 3.05) is 31.1 Å². The Morgan fingerprint density at radius 2 is 1.96 bits per heavy atom. The number of halogens is 1. The fourth-order valence-corrected chi connectivity index (χ4v) is 2.98. The molecule has 8 heteroatoms. The summed E-state index contributed by atoms with van der Waals surface area (Å²) >= 11 is 4.66. The summed E-state index contributed by atoms with van der Waals surface area (Å²) in [5.41, 5.74) is 10.2. The molecule has 1 saturated heterocycles. The number of nitrogens with one attached hydrogen (secondary N) is 1. The van der Waals surface area contributed by atoms with E-state index in [0.717, 1.165) is 32.7 Å². The van der Waals surface area contributed by atoms with Gasteiger partial charge in [-0.05, 0) is 47.6 Å². The third-order valence-corrected chi connectivity index (χ3v) is 4.32. The summed E-state index contributed by atoms with van der Waals surface area (Å²) in [7, 11) is 0. The van der Waals surface area contributed by atoms with Crippen LogP contribution in [0.1, 0.15) is 11.1 Å². The van der Waals surface area contributed by atoms with Crippen molar-refractivity contribution in [3.63, 3.8) is 0 Å². The Kier molecular flexibility index (Phi) is 6.08. The standard InChI is InChI=1S/C18H21FN6S/c19-16-11-15(12-22-23-18(20)26)1-2-17(16)25-9-7-24(8-10-25)13-14-3-5-21-6-4-14/h1-6,11-12H,7-10,13H2,(H3,20,23,26)/b22-12+.